The van der Waals surface area contributed by atoms with Crippen molar-refractivity contribution in [1.29, 1.82) is 0 Å². The molecular weight excluding hydrogens is 406 g/mol. The highest BCUT2D eigenvalue weighted by molar-refractivity contribution is 6.02. The third kappa shape index (κ3) is 5.28. The average molecular weight is 436 g/mol. The first kappa shape index (κ1) is 21.9. The Balaban J connectivity index is 1.45. The molecule has 1 aliphatic carbocycles. The molecule has 0 aromatic heterocycles. The molecule has 3 amide bonds. The number of hydrogen-bond acceptors (Lipinski definition) is 4. The fourth-order valence-corrected chi connectivity index (χ4v) is 3.95. The topological polar surface area (TPSA) is 87.7 Å². The minimum atomic E-state index is -0.676. The summed E-state index contributed by atoms with van der Waals surface area (Å²) in [5.41, 5.74) is 1.64. The van der Waals surface area contributed by atoms with Crippen molar-refractivity contribution in [3.8, 4) is 5.75 Å². The molecule has 2 atom stereocenters. The lowest BCUT2D eigenvalue weighted by molar-refractivity contribution is -0.131. The lowest BCUT2D eigenvalue weighted by atomic mass is 10.0. The molecule has 168 valence electrons. The van der Waals surface area contributed by atoms with E-state index >= 15 is 0 Å². The van der Waals surface area contributed by atoms with E-state index in [9.17, 15) is 14.4 Å². The Kier molecular flexibility index (Phi) is 6.73. The lowest BCUT2D eigenvalue weighted by Gasteiger charge is -2.22. The number of carbonyl (C=O) groups excluding carboxylic acids is 3. The van der Waals surface area contributed by atoms with Crippen LogP contribution in [0.3, 0.4) is 0 Å². The zero-order valence-corrected chi connectivity index (χ0v) is 18.3. The van der Waals surface area contributed by atoms with Crippen LogP contribution in [0.4, 0.5) is 5.69 Å². The van der Waals surface area contributed by atoms with Crippen LogP contribution >= 0.6 is 0 Å². The highest BCUT2D eigenvalue weighted by Gasteiger charge is 2.38. The molecule has 4 rings (SSSR count). The Hall–Kier alpha value is -3.35. The maximum atomic E-state index is 13.1. The average Bonchev–Trinajstić information content (AvgIpc) is 3.53. The van der Waals surface area contributed by atoms with E-state index in [1.54, 1.807) is 4.90 Å². The second-order valence-corrected chi connectivity index (χ2v) is 8.34. The first-order valence-corrected chi connectivity index (χ1v) is 11.2. The summed E-state index contributed by atoms with van der Waals surface area (Å²) in [6, 6.07) is 16.5. The molecule has 1 heterocycles. The molecule has 2 fully saturated rings. The van der Waals surface area contributed by atoms with E-state index in [0.717, 1.165) is 18.4 Å². The second kappa shape index (κ2) is 9.85. The maximum Gasteiger partial charge on any atom is 0.243 e. The largest absolute Gasteiger partial charge is 0.492 e. The highest BCUT2D eigenvalue weighted by Crippen LogP contribution is 2.33. The Bertz CT molecular complexity index is 974. The number of benzene rings is 2. The van der Waals surface area contributed by atoms with Crippen molar-refractivity contribution < 1.29 is 19.1 Å². The van der Waals surface area contributed by atoms with Gasteiger partial charge in [-0.15, -0.1) is 0 Å². The zero-order chi connectivity index (χ0) is 22.5. The summed E-state index contributed by atoms with van der Waals surface area (Å²) in [5, 5.41) is 5.90. The maximum absolute atomic E-state index is 13.1. The predicted octanol–water partition coefficient (Wildman–Crippen LogP) is 2.44. The van der Waals surface area contributed by atoms with Crippen molar-refractivity contribution in [1.82, 2.24) is 10.6 Å². The Morgan fingerprint density at radius 3 is 2.53 bits per heavy atom. The molecule has 0 radical (unpaired) electrons. The number of amides is 3. The van der Waals surface area contributed by atoms with Gasteiger partial charge in [-0.05, 0) is 37.5 Å². The van der Waals surface area contributed by atoms with Crippen molar-refractivity contribution in [2.75, 3.05) is 18.1 Å². The van der Waals surface area contributed by atoms with Crippen molar-refractivity contribution in [3.63, 3.8) is 0 Å². The van der Waals surface area contributed by atoms with Crippen LogP contribution in [0.15, 0.2) is 54.6 Å². The molecule has 2 N–H and O–H groups in total. The Labute approximate surface area is 188 Å². The first-order valence-electron chi connectivity index (χ1n) is 11.2. The first-order chi connectivity index (χ1) is 15.5. The third-order valence-corrected chi connectivity index (χ3v) is 5.79. The molecule has 7 heteroatoms. The number of anilines is 1. The van der Waals surface area contributed by atoms with E-state index in [-0.39, 0.29) is 36.7 Å². The minimum absolute atomic E-state index is 0.106. The van der Waals surface area contributed by atoms with Gasteiger partial charge >= 0.3 is 0 Å². The number of ether oxygens (including phenoxy) is 1. The van der Waals surface area contributed by atoms with E-state index in [4.69, 9.17) is 4.74 Å². The van der Waals surface area contributed by atoms with Crippen molar-refractivity contribution >= 4 is 23.4 Å². The van der Waals surface area contributed by atoms with Crippen LogP contribution in [0.1, 0.15) is 31.7 Å². The summed E-state index contributed by atoms with van der Waals surface area (Å²) < 4.78 is 5.65. The van der Waals surface area contributed by atoms with Gasteiger partial charge in [-0.25, -0.2) is 0 Å². The van der Waals surface area contributed by atoms with Crippen LogP contribution in [-0.2, 0) is 20.8 Å². The normalized spacial score (nSPS) is 18.8. The number of nitrogens with one attached hydrogen (secondary N) is 2. The van der Waals surface area contributed by atoms with E-state index in [2.05, 4.69) is 10.6 Å². The van der Waals surface area contributed by atoms with Crippen LogP contribution in [0.2, 0.25) is 0 Å². The summed E-state index contributed by atoms with van der Waals surface area (Å²) in [5.74, 6) is -0.479. The van der Waals surface area contributed by atoms with Crippen LogP contribution in [0, 0.1) is 5.92 Å². The lowest BCUT2D eigenvalue weighted by Crippen LogP contribution is -2.50. The van der Waals surface area contributed by atoms with E-state index in [1.807, 2.05) is 61.5 Å². The molecule has 0 bridgehead atoms. The quantitative estimate of drug-likeness (QED) is 0.633. The van der Waals surface area contributed by atoms with Gasteiger partial charge in [-0.1, -0.05) is 42.5 Å². The number of carbonyl (C=O) groups is 3. The fraction of sp³-hybridized carbons (Fsp3) is 0.400. The van der Waals surface area contributed by atoms with Gasteiger partial charge in [0.2, 0.25) is 17.7 Å². The van der Waals surface area contributed by atoms with Crippen molar-refractivity contribution in [2.45, 2.75) is 44.7 Å². The van der Waals surface area contributed by atoms with Gasteiger partial charge in [0.15, 0.2) is 0 Å². The molecule has 1 saturated carbocycles. The molecule has 2 unspecified atom stereocenters. The summed E-state index contributed by atoms with van der Waals surface area (Å²) in [4.78, 5) is 40.2. The molecule has 1 aliphatic heterocycles. The van der Waals surface area contributed by atoms with Crippen LogP contribution in [-0.4, -0.2) is 43.0 Å². The third-order valence-electron chi connectivity index (χ3n) is 5.79. The second-order valence-electron chi connectivity index (χ2n) is 8.34. The summed E-state index contributed by atoms with van der Waals surface area (Å²) in [6.07, 6.45) is 2.46. The molecule has 1 saturated heterocycles. The molecule has 0 spiro atoms. The fourth-order valence-electron chi connectivity index (χ4n) is 3.95. The van der Waals surface area contributed by atoms with Gasteiger partial charge in [0.25, 0.3) is 0 Å². The van der Waals surface area contributed by atoms with Gasteiger partial charge in [-0.3, -0.25) is 14.4 Å². The number of nitrogens with zero attached hydrogens (tertiary/aromatic N) is 1. The van der Waals surface area contributed by atoms with Gasteiger partial charge in [0, 0.05) is 25.4 Å². The summed E-state index contributed by atoms with van der Waals surface area (Å²) >= 11 is 0. The highest BCUT2D eigenvalue weighted by atomic mass is 16.5. The molecule has 7 nitrogen and oxygen atoms in total. The molecule has 2 aliphatic rings. The van der Waals surface area contributed by atoms with Crippen molar-refractivity contribution in [3.05, 3.63) is 60.2 Å². The van der Waals surface area contributed by atoms with Gasteiger partial charge in [0.1, 0.15) is 11.8 Å². The smallest absolute Gasteiger partial charge is 0.243 e. The van der Waals surface area contributed by atoms with E-state index in [1.165, 1.54) is 0 Å². The van der Waals surface area contributed by atoms with Gasteiger partial charge < -0.3 is 20.3 Å². The molecule has 2 aromatic rings. The predicted molar refractivity (Wildman–Crippen MR) is 121 cm³/mol. The van der Waals surface area contributed by atoms with E-state index < -0.39 is 12.0 Å². The van der Waals surface area contributed by atoms with Gasteiger partial charge in [-0.2, -0.15) is 0 Å². The van der Waals surface area contributed by atoms with Gasteiger partial charge in [0.05, 0.1) is 18.2 Å². The number of hydrogen-bond donors (Lipinski definition) is 2. The van der Waals surface area contributed by atoms with Crippen LogP contribution in [0.5, 0.6) is 5.75 Å². The van der Waals surface area contributed by atoms with Crippen molar-refractivity contribution in [2.24, 2.45) is 5.92 Å². The van der Waals surface area contributed by atoms with Crippen LogP contribution in [0.25, 0.3) is 0 Å². The number of para-hydroxylation sites is 2. The summed E-state index contributed by atoms with van der Waals surface area (Å²) in [7, 11) is 0. The standard InChI is InChI=1S/C25H29N3O4/c1-2-32-22-11-7-6-10-21(22)28-16-18(15-23(28)29)24(30)27-20(25(31)26-19-12-13-19)14-17-8-4-3-5-9-17/h3-11,18-20H,2,12-16H2,1H3,(H,26,31)(H,27,30). The Morgan fingerprint density at radius 2 is 1.81 bits per heavy atom. The number of rotatable bonds is 9. The van der Waals surface area contributed by atoms with E-state index in [0.29, 0.717) is 24.5 Å². The Morgan fingerprint density at radius 1 is 1.09 bits per heavy atom. The van der Waals surface area contributed by atoms with Crippen LogP contribution < -0.4 is 20.3 Å². The SMILES string of the molecule is CCOc1ccccc1N1CC(C(=O)NC(Cc2ccccc2)C(=O)NC2CC2)CC1=O. The molecular formula is C25H29N3O4. The molecule has 32 heavy (non-hydrogen) atoms. The minimum Gasteiger partial charge on any atom is -0.492 e. The zero-order valence-electron chi connectivity index (χ0n) is 18.3. The molecule has 2 aromatic carbocycles. The monoisotopic (exact) mass is 435 g/mol. The summed E-state index contributed by atoms with van der Waals surface area (Å²) in [6.45, 7) is 2.63.